The molecule has 14 heteroatoms. The van der Waals surface area contributed by atoms with Gasteiger partial charge in [0.05, 0.1) is 62.2 Å². The molecule has 0 aliphatic carbocycles. The van der Waals surface area contributed by atoms with Gasteiger partial charge in [-0.2, -0.15) is 0 Å². The van der Waals surface area contributed by atoms with Crippen molar-refractivity contribution in [1.82, 2.24) is 9.97 Å². The average Bonchev–Trinajstić information content (AvgIpc) is 3.33. The third-order valence-corrected chi connectivity index (χ3v) is 10.1. The Kier molecular flexibility index (Phi) is 21.0. The van der Waals surface area contributed by atoms with Crippen LogP contribution in [0.15, 0.2) is 111 Å². The fraction of sp³-hybridized carbons (Fsp3) is 0.400. The average molecular weight is 879 g/mol. The molecule has 0 N–H and O–H groups in total. The quantitative estimate of drug-likeness (QED) is 0.0229. The van der Waals surface area contributed by atoms with E-state index in [4.69, 9.17) is 37.9 Å². The Bertz CT molecular complexity index is 1910. The van der Waals surface area contributed by atoms with Crippen LogP contribution >= 0.6 is 0 Å². The van der Waals surface area contributed by atoms with E-state index < -0.39 is 24.5 Å². The van der Waals surface area contributed by atoms with Crippen LogP contribution in [0.1, 0.15) is 97.8 Å². The molecular weight excluding hydrogens is 821 g/mol. The van der Waals surface area contributed by atoms with E-state index in [9.17, 15) is 19.2 Å². The maximum Gasteiger partial charge on any atom is 0.342 e. The van der Waals surface area contributed by atoms with Crippen molar-refractivity contribution in [3.63, 3.8) is 0 Å². The molecule has 0 spiro atoms. The lowest BCUT2D eigenvalue weighted by molar-refractivity contribution is -0.288. The lowest BCUT2D eigenvalue weighted by Crippen LogP contribution is -2.44. The van der Waals surface area contributed by atoms with Crippen LogP contribution in [0.25, 0.3) is 22.5 Å². The van der Waals surface area contributed by atoms with Gasteiger partial charge in [0, 0.05) is 35.7 Å². The van der Waals surface area contributed by atoms with Crippen LogP contribution in [0.4, 0.5) is 0 Å². The molecule has 0 amide bonds. The molecule has 340 valence electrons. The molecule has 2 atom stereocenters. The summed E-state index contributed by atoms with van der Waals surface area (Å²) >= 11 is 0. The van der Waals surface area contributed by atoms with Crippen molar-refractivity contribution in [1.29, 1.82) is 0 Å². The number of nitrogens with zero attached hydrogens (tertiary/aromatic N) is 2. The monoisotopic (exact) mass is 878 g/mol. The first kappa shape index (κ1) is 48.6. The number of ether oxygens (including phenoxy) is 8. The first-order valence-corrected chi connectivity index (χ1v) is 21.9. The van der Waals surface area contributed by atoms with E-state index in [1.54, 1.807) is 24.3 Å². The number of carbonyl (C=O) groups excluding carboxylic acids is 4. The first-order valence-electron chi connectivity index (χ1n) is 21.9. The summed E-state index contributed by atoms with van der Waals surface area (Å²) in [6, 6.07) is 21.8. The number of rotatable bonds is 28. The van der Waals surface area contributed by atoms with Gasteiger partial charge < -0.3 is 37.9 Å². The highest BCUT2D eigenvalue weighted by molar-refractivity contribution is 5.90. The van der Waals surface area contributed by atoms with E-state index in [1.165, 1.54) is 24.5 Å². The Balaban J connectivity index is 0.987. The van der Waals surface area contributed by atoms with Crippen molar-refractivity contribution in [3.05, 3.63) is 122 Å². The summed E-state index contributed by atoms with van der Waals surface area (Å²) in [7, 11) is 0. The highest BCUT2D eigenvalue weighted by Crippen LogP contribution is 2.24. The maximum absolute atomic E-state index is 13.1. The second-order valence-electron chi connectivity index (χ2n) is 14.9. The summed E-state index contributed by atoms with van der Waals surface area (Å²) in [5.41, 5.74) is 3.38. The molecular formula is C50H58N2O12. The van der Waals surface area contributed by atoms with Crippen molar-refractivity contribution < 1.29 is 57.1 Å². The van der Waals surface area contributed by atoms with Crippen LogP contribution in [0, 0.1) is 0 Å². The van der Waals surface area contributed by atoms with Gasteiger partial charge in [-0.05, 0) is 98.5 Å². The van der Waals surface area contributed by atoms with Crippen LogP contribution in [0.3, 0.4) is 0 Å². The predicted octanol–water partition coefficient (Wildman–Crippen LogP) is 9.42. The zero-order valence-electron chi connectivity index (χ0n) is 36.3. The smallest absolute Gasteiger partial charge is 0.342 e. The molecule has 0 unspecified atom stereocenters. The van der Waals surface area contributed by atoms with Crippen LogP contribution in [-0.4, -0.2) is 86.1 Å². The topological polar surface area (TPSA) is 168 Å². The molecule has 1 aliphatic rings. The summed E-state index contributed by atoms with van der Waals surface area (Å²) < 4.78 is 44.1. The lowest BCUT2D eigenvalue weighted by atomic mass is 10.1. The predicted molar refractivity (Wildman–Crippen MR) is 238 cm³/mol. The third-order valence-electron chi connectivity index (χ3n) is 10.1. The number of benzene rings is 2. The van der Waals surface area contributed by atoms with E-state index >= 15 is 0 Å². The Morgan fingerprint density at radius 3 is 1.20 bits per heavy atom. The fourth-order valence-corrected chi connectivity index (χ4v) is 6.49. The number of hydrogen-bond acceptors (Lipinski definition) is 14. The van der Waals surface area contributed by atoms with Crippen molar-refractivity contribution in [2.75, 3.05) is 39.6 Å². The summed E-state index contributed by atoms with van der Waals surface area (Å²) in [6.45, 7) is 9.14. The molecule has 1 fully saturated rings. The van der Waals surface area contributed by atoms with Gasteiger partial charge in [-0.25, -0.2) is 19.2 Å². The van der Waals surface area contributed by atoms with Crippen LogP contribution in [0.2, 0.25) is 0 Å². The van der Waals surface area contributed by atoms with Gasteiger partial charge in [0.1, 0.15) is 11.5 Å². The highest BCUT2D eigenvalue weighted by Gasteiger charge is 2.34. The molecule has 5 rings (SSSR count). The van der Waals surface area contributed by atoms with E-state index in [0.717, 1.165) is 99.7 Å². The van der Waals surface area contributed by atoms with Crippen LogP contribution < -0.4 is 9.47 Å². The van der Waals surface area contributed by atoms with E-state index in [0.29, 0.717) is 37.8 Å². The van der Waals surface area contributed by atoms with Gasteiger partial charge in [0.15, 0.2) is 0 Å². The lowest BCUT2D eigenvalue weighted by Gasteiger charge is -2.30. The molecule has 2 aromatic carbocycles. The van der Waals surface area contributed by atoms with Gasteiger partial charge in [0.25, 0.3) is 12.6 Å². The Morgan fingerprint density at radius 1 is 0.500 bits per heavy atom. The molecule has 4 aromatic rings. The standard InChI is InChI=1S/C50H58N2O12/c1-3-45(53)59-31-15-11-7-5-9-13-29-57-41-23-17-37(18-24-41)43-27-21-39(35-51-43)47(55)63-49-50(62-34-33-61-49)64-48(56)40-22-28-44(52-36-40)38-19-25-42(26-20-38)58-30-14-10-6-8-12-16-32-60-46(54)4-2/h3-4,17-28,35-36,49-50H,1-2,5-16,29-34H2/t49-,50-/m1/s1. The first-order chi connectivity index (χ1) is 31.3. The number of aromatic nitrogens is 2. The van der Waals surface area contributed by atoms with E-state index in [2.05, 4.69) is 23.1 Å². The Hall–Kier alpha value is -6.38. The van der Waals surface area contributed by atoms with Gasteiger partial charge in [-0.15, -0.1) is 0 Å². The molecule has 1 aliphatic heterocycles. The zero-order valence-corrected chi connectivity index (χ0v) is 36.3. The SMILES string of the molecule is C=CC(=O)OCCCCCCCCOc1ccc(-c2ccc(C(=O)O[C@H]3OCCO[C@@H]3OC(=O)c3ccc(-c4ccc(OCCCCCCCCOC(=O)C=C)cc4)nc3)cn2)cc1. The number of pyridine rings is 2. The maximum atomic E-state index is 13.1. The minimum Gasteiger partial charge on any atom is -0.494 e. The van der Waals surface area contributed by atoms with Gasteiger partial charge >= 0.3 is 23.9 Å². The van der Waals surface area contributed by atoms with Crippen LogP contribution in [-0.2, 0) is 38.0 Å². The van der Waals surface area contributed by atoms with Gasteiger partial charge in [-0.1, -0.05) is 64.5 Å². The van der Waals surface area contributed by atoms with Crippen LogP contribution in [0.5, 0.6) is 11.5 Å². The molecule has 3 heterocycles. The number of esters is 4. The molecule has 64 heavy (non-hydrogen) atoms. The minimum absolute atomic E-state index is 0.139. The summed E-state index contributed by atoms with van der Waals surface area (Å²) in [5, 5.41) is 0. The zero-order chi connectivity index (χ0) is 45.2. The van der Waals surface area contributed by atoms with E-state index in [-0.39, 0.29) is 36.3 Å². The molecule has 0 radical (unpaired) electrons. The second-order valence-corrected chi connectivity index (χ2v) is 14.9. The normalized spacial score (nSPS) is 14.4. The highest BCUT2D eigenvalue weighted by atomic mass is 16.8. The molecule has 0 bridgehead atoms. The van der Waals surface area contributed by atoms with Crippen molar-refractivity contribution >= 4 is 23.9 Å². The molecule has 2 aromatic heterocycles. The summed E-state index contributed by atoms with van der Waals surface area (Å²) in [5.74, 6) is -0.676. The van der Waals surface area contributed by atoms with E-state index in [1.807, 2.05) is 48.5 Å². The largest absolute Gasteiger partial charge is 0.494 e. The minimum atomic E-state index is -1.29. The number of hydrogen-bond donors (Lipinski definition) is 0. The molecule has 1 saturated heterocycles. The Morgan fingerprint density at radius 2 is 0.859 bits per heavy atom. The van der Waals surface area contributed by atoms with Crippen molar-refractivity contribution in [3.8, 4) is 34.0 Å². The molecule has 14 nitrogen and oxygen atoms in total. The second kappa shape index (κ2) is 27.6. The van der Waals surface area contributed by atoms with Crippen molar-refractivity contribution in [2.24, 2.45) is 0 Å². The summed E-state index contributed by atoms with van der Waals surface area (Å²) in [4.78, 5) is 57.2. The van der Waals surface area contributed by atoms with Gasteiger partial charge in [0.2, 0.25) is 0 Å². The number of carbonyl (C=O) groups is 4. The fourth-order valence-electron chi connectivity index (χ4n) is 6.49. The molecule has 0 saturated carbocycles. The number of unbranched alkanes of at least 4 members (excludes halogenated alkanes) is 10. The Labute approximate surface area is 374 Å². The van der Waals surface area contributed by atoms with Gasteiger partial charge in [-0.3, -0.25) is 9.97 Å². The third kappa shape index (κ3) is 17.1. The summed E-state index contributed by atoms with van der Waals surface area (Å²) in [6.07, 6.45) is 14.7. The van der Waals surface area contributed by atoms with Crippen molar-refractivity contribution in [2.45, 2.75) is 89.6 Å².